The first-order chi connectivity index (χ1) is 9.36. The second-order valence-corrected chi connectivity index (χ2v) is 6.54. The molecule has 106 valence electrons. The van der Waals surface area contributed by atoms with E-state index >= 15 is 0 Å². The summed E-state index contributed by atoms with van der Waals surface area (Å²) in [5, 5.41) is 3.22. The van der Waals surface area contributed by atoms with Crippen molar-refractivity contribution in [1.82, 2.24) is 4.98 Å². The molecule has 2 rings (SSSR count). The molecule has 1 aromatic heterocycles. The van der Waals surface area contributed by atoms with Crippen molar-refractivity contribution in [3.05, 3.63) is 54.0 Å². The Bertz CT molecular complexity index is 682. The Morgan fingerprint density at radius 1 is 1.15 bits per heavy atom. The third kappa shape index (κ3) is 3.54. The predicted molar refractivity (Wildman–Crippen MR) is 75.8 cm³/mol. The molecule has 0 spiro atoms. The van der Waals surface area contributed by atoms with E-state index in [1.807, 2.05) is 6.92 Å². The van der Waals surface area contributed by atoms with Crippen LogP contribution in [0.25, 0.3) is 0 Å². The molecule has 0 amide bonds. The highest BCUT2D eigenvalue weighted by atomic mass is 32.2. The number of sulfone groups is 1. The fourth-order valence-electron chi connectivity index (χ4n) is 1.77. The molecule has 2 aromatic rings. The number of halogens is 1. The number of benzene rings is 1. The number of rotatable bonds is 4. The van der Waals surface area contributed by atoms with E-state index in [0.717, 1.165) is 11.8 Å². The summed E-state index contributed by atoms with van der Waals surface area (Å²) in [6, 6.07) is 9.27. The first kappa shape index (κ1) is 14.5. The minimum Gasteiger partial charge on any atom is -0.377 e. The number of nitrogens with one attached hydrogen (secondary N) is 1. The van der Waals surface area contributed by atoms with Crippen molar-refractivity contribution in [3.8, 4) is 0 Å². The molecule has 0 saturated heterocycles. The molecule has 20 heavy (non-hydrogen) atoms. The maximum atomic E-state index is 12.8. The van der Waals surface area contributed by atoms with Gasteiger partial charge < -0.3 is 5.32 Å². The van der Waals surface area contributed by atoms with E-state index in [9.17, 15) is 12.8 Å². The van der Waals surface area contributed by atoms with Gasteiger partial charge in [-0.25, -0.2) is 17.8 Å². The van der Waals surface area contributed by atoms with E-state index in [4.69, 9.17) is 0 Å². The maximum absolute atomic E-state index is 12.8. The zero-order chi connectivity index (χ0) is 14.8. The van der Waals surface area contributed by atoms with Crippen LogP contribution in [-0.2, 0) is 9.84 Å². The molecule has 0 fully saturated rings. The number of pyridine rings is 1. The van der Waals surface area contributed by atoms with E-state index in [2.05, 4.69) is 10.3 Å². The van der Waals surface area contributed by atoms with Crippen molar-refractivity contribution >= 4 is 15.5 Å². The van der Waals surface area contributed by atoms with Crippen molar-refractivity contribution in [3.63, 3.8) is 0 Å². The number of aromatic nitrogens is 1. The van der Waals surface area contributed by atoms with Crippen molar-refractivity contribution in [2.45, 2.75) is 18.0 Å². The highest BCUT2D eigenvalue weighted by Gasteiger charge is 2.09. The average Bonchev–Trinajstić information content (AvgIpc) is 2.39. The van der Waals surface area contributed by atoms with Gasteiger partial charge in [0.05, 0.1) is 11.9 Å². The molecular weight excluding hydrogens is 279 g/mol. The molecule has 0 saturated carbocycles. The quantitative estimate of drug-likeness (QED) is 0.942. The fourth-order valence-corrected chi connectivity index (χ4v) is 2.33. The van der Waals surface area contributed by atoms with E-state index < -0.39 is 9.84 Å². The number of hydrogen-bond acceptors (Lipinski definition) is 4. The molecule has 0 aliphatic heterocycles. The molecule has 0 aliphatic carbocycles. The average molecular weight is 294 g/mol. The van der Waals surface area contributed by atoms with Crippen LogP contribution in [0.3, 0.4) is 0 Å². The Balaban J connectivity index is 2.12. The van der Waals surface area contributed by atoms with Crippen LogP contribution in [0.5, 0.6) is 0 Å². The smallest absolute Gasteiger partial charge is 0.192 e. The summed E-state index contributed by atoms with van der Waals surface area (Å²) in [5.41, 5.74) is 1.63. The van der Waals surface area contributed by atoms with Crippen LogP contribution in [0.4, 0.5) is 10.1 Å². The van der Waals surface area contributed by atoms with Crippen LogP contribution in [0.1, 0.15) is 18.5 Å². The van der Waals surface area contributed by atoms with Gasteiger partial charge >= 0.3 is 0 Å². The Labute approximate surface area is 117 Å². The first-order valence-corrected chi connectivity index (χ1v) is 7.93. The van der Waals surface area contributed by atoms with Crippen molar-refractivity contribution < 1.29 is 12.8 Å². The predicted octanol–water partition coefficient (Wildman–Crippen LogP) is 2.80. The Morgan fingerprint density at radius 2 is 1.80 bits per heavy atom. The van der Waals surface area contributed by atoms with Crippen LogP contribution >= 0.6 is 0 Å². The lowest BCUT2D eigenvalue weighted by atomic mass is 10.1. The fraction of sp³-hybridized carbons (Fsp3) is 0.214. The van der Waals surface area contributed by atoms with Gasteiger partial charge in [0.15, 0.2) is 14.9 Å². The summed E-state index contributed by atoms with van der Waals surface area (Å²) in [7, 11) is -3.29. The summed E-state index contributed by atoms with van der Waals surface area (Å²) in [6.07, 6.45) is 2.58. The third-order valence-corrected chi connectivity index (χ3v) is 3.87. The molecule has 1 N–H and O–H groups in total. The molecule has 1 aromatic carbocycles. The molecule has 1 atom stereocenters. The Hall–Kier alpha value is -1.95. The van der Waals surface area contributed by atoms with Crippen molar-refractivity contribution in [2.75, 3.05) is 11.6 Å². The second-order valence-electron chi connectivity index (χ2n) is 4.57. The van der Waals surface area contributed by atoms with Crippen molar-refractivity contribution in [2.24, 2.45) is 0 Å². The van der Waals surface area contributed by atoms with Gasteiger partial charge in [-0.05, 0) is 36.8 Å². The lowest BCUT2D eigenvalue weighted by Crippen LogP contribution is -2.07. The van der Waals surface area contributed by atoms with Crippen LogP contribution in [0.2, 0.25) is 0 Å². The molecule has 0 aliphatic rings. The minimum atomic E-state index is -3.29. The SMILES string of the molecule is CC(Nc1ccc(S(C)(=O)=O)nc1)c1ccc(F)cc1. The molecule has 0 bridgehead atoms. The molecule has 0 radical (unpaired) electrons. The van der Waals surface area contributed by atoms with Gasteiger partial charge in [-0.15, -0.1) is 0 Å². The van der Waals surface area contributed by atoms with Gasteiger partial charge in [0.2, 0.25) is 0 Å². The monoisotopic (exact) mass is 294 g/mol. The van der Waals surface area contributed by atoms with Gasteiger partial charge in [-0.2, -0.15) is 0 Å². The van der Waals surface area contributed by atoms with E-state index in [-0.39, 0.29) is 16.9 Å². The number of hydrogen-bond donors (Lipinski definition) is 1. The standard InChI is InChI=1S/C14H15FN2O2S/c1-10(11-3-5-12(15)6-4-11)17-13-7-8-14(16-9-13)20(2,18)19/h3-10,17H,1-2H3. The number of nitrogens with zero attached hydrogens (tertiary/aromatic N) is 1. The molecular formula is C14H15FN2O2S. The number of anilines is 1. The topological polar surface area (TPSA) is 59.1 Å². The Kier molecular flexibility index (Phi) is 4.04. The summed E-state index contributed by atoms with van der Waals surface area (Å²) in [4.78, 5) is 3.90. The Morgan fingerprint density at radius 3 is 2.30 bits per heavy atom. The molecule has 4 nitrogen and oxygen atoms in total. The minimum absolute atomic E-state index is 0.0393. The summed E-state index contributed by atoms with van der Waals surface area (Å²) >= 11 is 0. The maximum Gasteiger partial charge on any atom is 0.192 e. The zero-order valence-electron chi connectivity index (χ0n) is 11.2. The van der Waals surface area contributed by atoms with Gasteiger partial charge in [0.25, 0.3) is 0 Å². The van der Waals surface area contributed by atoms with E-state index in [0.29, 0.717) is 5.69 Å². The van der Waals surface area contributed by atoms with Gasteiger partial charge in [-0.1, -0.05) is 12.1 Å². The molecule has 1 heterocycles. The van der Waals surface area contributed by atoms with Crippen LogP contribution in [0, 0.1) is 5.82 Å². The largest absolute Gasteiger partial charge is 0.377 e. The van der Waals surface area contributed by atoms with Gasteiger partial charge in [-0.3, -0.25) is 0 Å². The normalized spacial score (nSPS) is 12.9. The highest BCUT2D eigenvalue weighted by Crippen LogP contribution is 2.19. The van der Waals surface area contributed by atoms with Crippen LogP contribution < -0.4 is 5.32 Å². The second kappa shape index (κ2) is 5.58. The van der Waals surface area contributed by atoms with Crippen molar-refractivity contribution in [1.29, 1.82) is 0 Å². The van der Waals surface area contributed by atoms with Gasteiger partial charge in [0, 0.05) is 12.3 Å². The highest BCUT2D eigenvalue weighted by molar-refractivity contribution is 7.90. The van der Waals surface area contributed by atoms with Gasteiger partial charge in [0.1, 0.15) is 5.82 Å². The van der Waals surface area contributed by atoms with E-state index in [1.165, 1.54) is 24.4 Å². The lowest BCUT2D eigenvalue weighted by Gasteiger charge is -2.15. The zero-order valence-corrected chi connectivity index (χ0v) is 12.0. The summed E-state index contributed by atoms with van der Waals surface area (Å²) < 4.78 is 35.4. The molecule has 6 heteroatoms. The lowest BCUT2D eigenvalue weighted by molar-refractivity contribution is 0.598. The van der Waals surface area contributed by atoms with Crippen LogP contribution in [0.15, 0.2) is 47.6 Å². The van der Waals surface area contributed by atoms with E-state index in [1.54, 1.807) is 18.2 Å². The molecule has 1 unspecified atom stereocenters. The van der Waals surface area contributed by atoms with Crippen LogP contribution in [-0.4, -0.2) is 19.7 Å². The first-order valence-electron chi connectivity index (χ1n) is 6.04. The summed E-state index contributed by atoms with van der Waals surface area (Å²) in [6.45, 7) is 1.93. The third-order valence-electron chi connectivity index (χ3n) is 2.87. The summed E-state index contributed by atoms with van der Waals surface area (Å²) in [5.74, 6) is -0.278.